The van der Waals surface area contributed by atoms with Gasteiger partial charge in [-0.25, -0.2) is 8.78 Å². The molecule has 1 fully saturated rings. The predicted molar refractivity (Wildman–Crippen MR) is 122 cm³/mol. The smallest absolute Gasteiger partial charge is 0.242 e. The van der Waals surface area contributed by atoms with Gasteiger partial charge < -0.3 is 9.84 Å². The molecular weight excluding hydrogens is 426 g/mol. The van der Waals surface area contributed by atoms with Gasteiger partial charge in [-0.05, 0) is 48.7 Å². The molecule has 2 heterocycles. The third-order valence-corrected chi connectivity index (χ3v) is 6.09. The Balaban J connectivity index is 1.47. The van der Waals surface area contributed by atoms with Gasteiger partial charge in [0.1, 0.15) is 17.4 Å². The van der Waals surface area contributed by atoms with E-state index >= 15 is 0 Å². The molecule has 174 valence electrons. The quantitative estimate of drug-likeness (QED) is 0.574. The van der Waals surface area contributed by atoms with Crippen LogP contribution in [0.1, 0.15) is 36.3 Å². The maximum atomic E-state index is 13.5. The average Bonchev–Trinajstić information content (AvgIpc) is 3.22. The highest BCUT2D eigenvalue weighted by Gasteiger charge is 2.31. The van der Waals surface area contributed by atoms with Crippen molar-refractivity contribution in [2.24, 2.45) is 0 Å². The molecular formula is C25H28F2N4O2. The summed E-state index contributed by atoms with van der Waals surface area (Å²) >= 11 is 0. The van der Waals surface area contributed by atoms with Crippen molar-refractivity contribution in [3.05, 3.63) is 83.1 Å². The van der Waals surface area contributed by atoms with E-state index < -0.39 is 0 Å². The topological polar surface area (TPSA) is 61.6 Å². The minimum atomic E-state index is -0.291. The van der Waals surface area contributed by atoms with Crippen LogP contribution in [0.25, 0.3) is 0 Å². The monoisotopic (exact) mass is 454 g/mol. The summed E-state index contributed by atoms with van der Waals surface area (Å²) in [7, 11) is 0. The fourth-order valence-corrected chi connectivity index (χ4v) is 4.46. The van der Waals surface area contributed by atoms with E-state index in [2.05, 4.69) is 20.3 Å². The van der Waals surface area contributed by atoms with Crippen LogP contribution in [-0.2, 0) is 4.79 Å². The summed E-state index contributed by atoms with van der Waals surface area (Å²) in [5, 5.41) is 6.68. The van der Waals surface area contributed by atoms with Crippen LogP contribution in [0, 0.1) is 18.6 Å². The van der Waals surface area contributed by atoms with Crippen LogP contribution in [0.3, 0.4) is 0 Å². The average molecular weight is 455 g/mol. The summed E-state index contributed by atoms with van der Waals surface area (Å²) in [5.74, 6) is 0.371. The lowest BCUT2D eigenvalue weighted by atomic mass is 9.96. The normalized spacial score (nSPS) is 16.2. The molecule has 33 heavy (non-hydrogen) atoms. The molecule has 4 rings (SSSR count). The van der Waals surface area contributed by atoms with Crippen molar-refractivity contribution in [1.82, 2.24) is 15.0 Å². The molecule has 8 heteroatoms. The second-order valence-electron chi connectivity index (χ2n) is 8.31. The molecule has 1 aromatic heterocycles. The van der Waals surface area contributed by atoms with E-state index in [9.17, 15) is 13.6 Å². The van der Waals surface area contributed by atoms with Gasteiger partial charge in [-0.15, -0.1) is 0 Å². The first-order chi connectivity index (χ1) is 15.9. The van der Waals surface area contributed by atoms with Crippen molar-refractivity contribution in [3.63, 3.8) is 0 Å². The van der Waals surface area contributed by atoms with Crippen molar-refractivity contribution in [3.8, 4) is 0 Å². The fraction of sp³-hybridized carbons (Fsp3) is 0.360. The molecule has 1 saturated heterocycles. The molecule has 0 unspecified atom stereocenters. The maximum absolute atomic E-state index is 13.5. The molecule has 0 spiro atoms. The van der Waals surface area contributed by atoms with E-state index in [1.807, 2.05) is 6.92 Å². The number of amides is 1. The molecule has 0 aliphatic carbocycles. The Bertz CT molecular complexity index is 1020. The number of benzene rings is 2. The molecule has 2 aromatic carbocycles. The molecule has 1 aliphatic heterocycles. The van der Waals surface area contributed by atoms with Gasteiger partial charge in [0, 0.05) is 32.2 Å². The Morgan fingerprint density at radius 2 is 1.48 bits per heavy atom. The first kappa shape index (κ1) is 23.1. The minimum absolute atomic E-state index is 0.104. The van der Waals surface area contributed by atoms with Crippen LogP contribution >= 0.6 is 0 Å². The van der Waals surface area contributed by atoms with E-state index in [4.69, 9.17) is 4.52 Å². The Hall–Kier alpha value is -3.10. The SMILES string of the molecule is CC[C@@H](C(=O)Nc1cc(C)on1)N1CCN(C(c2ccc(F)cc2)c2ccc(F)cc2)CC1. The number of aromatic nitrogens is 1. The summed E-state index contributed by atoms with van der Waals surface area (Å²) in [6, 6.07) is 14.2. The summed E-state index contributed by atoms with van der Waals surface area (Å²) in [6.45, 7) is 6.59. The standard InChI is InChI=1S/C25H28F2N4O2/c1-3-22(25(32)28-23-16-17(2)33-29-23)30-12-14-31(15-13-30)24(18-4-8-20(26)9-5-18)19-6-10-21(27)11-7-19/h4-11,16,22,24H,3,12-15H2,1-2H3,(H,28,29,32)/t22-/m0/s1. The van der Waals surface area contributed by atoms with Gasteiger partial charge in [0.25, 0.3) is 0 Å². The summed E-state index contributed by atoms with van der Waals surface area (Å²) in [4.78, 5) is 17.3. The van der Waals surface area contributed by atoms with Crippen LogP contribution in [0.2, 0.25) is 0 Å². The number of aryl methyl sites for hydroxylation is 1. The minimum Gasteiger partial charge on any atom is -0.360 e. The summed E-state index contributed by atoms with van der Waals surface area (Å²) < 4.78 is 32.1. The number of nitrogens with zero attached hydrogens (tertiary/aromatic N) is 3. The van der Waals surface area contributed by atoms with Crippen LogP contribution < -0.4 is 5.32 Å². The number of nitrogens with one attached hydrogen (secondary N) is 1. The van der Waals surface area contributed by atoms with Crippen LogP contribution in [0.5, 0.6) is 0 Å². The van der Waals surface area contributed by atoms with Gasteiger partial charge in [-0.2, -0.15) is 0 Å². The van der Waals surface area contributed by atoms with E-state index in [1.165, 1.54) is 24.3 Å². The molecule has 6 nitrogen and oxygen atoms in total. The van der Waals surface area contributed by atoms with E-state index in [0.29, 0.717) is 44.2 Å². The number of hydrogen-bond acceptors (Lipinski definition) is 5. The molecule has 1 N–H and O–H groups in total. The fourth-order valence-electron chi connectivity index (χ4n) is 4.46. The number of piperazine rings is 1. The van der Waals surface area contributed by atoms with E-state index in [1.54, 1.807) is 37.3 Å². The summed E-state index contributed by atoms with van der Waals surface area (Å²) in [6.07, 6.45) is 0.669. The number of carbonyl (C=O) groups is 1. The van der Waals surface area contributed by atoms with Crippen molar-refractivity contribution in [1.29, 1.82) is 0 Å². The van der Waals surface area contributed by atoms with Crippen molar-refractivity contribution >= 4 is 11.7 Å². The van der Waals surface area contributed by atoms with E-state index in [-0.39, 0.29) is 29.6 Å². The Morgan fingerprint density at radius 1 is 0.970 bits per heavy atom. The Kier molecular flexibility index (Phi) is 7.15. The highest BCUT2D eigenvalue weighted by Crippen LogP contribution is 2.30. The van der Waals surface area contributed by atoms with Gasteiger partial charge in [-0.1, -0.05) is 36.3 Å². The second-order valence-corrected chi connectivity index (χ2v) is 8.31. The van der Waals surface area contributed by atoms with Crippen molar-refractivity contribution in [2.45, 2.75) is 32.4 Å². The van der Waals surface area contributed by atoms with Gasteiger partial charge in [0.15, 0.2) is 5.82 Å². The van der Waals surface area contributed by atoms with Crippen molar-refractivity contribution < 1.29 is 18.1 Å². The van der Waals surface area contributed by atoms with Crippen LogP contribution in [0.15, 0.2) is 59.1 Å². The lowest BCUT2D eigenvalue weighted by Crippen LogP contribution is -2.54. The zero-order valence-corrected chi connectivity index (χ0v) is 18.8. The second kappa shape index (κ2) is 10.2. The molecule has 3 aromatic rings. The Labute approximate surface area is 192 Å². The molecule has 1 aliphatic rings. The number of hydrogen-bond donors (Lipinski definition) is 1. The van der Waals surface area contributed by atoms with E-state index in [0.717, 1.165) is 11.1 Å². The molecule has 0 saturated carbocycles. The number of rotatable bonds is 7. The maximum Gasteiger partial charge on any atom is 0.242 e. The van der Waals surface area contributed by atoms with Gasteiger partial charge in [0.2, 0.25) is 5.91 Å². The molecule has 1 atom stereocenters. The highest BCUT2D eigenvalue weighted by molar-refractivity contribution is 5.94. The lowest BCUT2D eigenvalue weighted by Gasteiger charge is -2.42. The number of anilines is 1. The van der Waals surface area contributed by atoms with Gasteiger partial charge >= 0.3 is 0 Å². The first-order valence-corrected chi connectivity index (χ1v) is 11.2. The molecule has 0 radical (unpaired) electrons. The van der Waals surface area contributed by atoms with Crippen LogP contribution in [0.4, 0.5) is 14.6 Å². The lowest BCUT2D eigenvalue weighted by molar-refractivity contribution is -0.122. The molecule has 0 bridgehead atoms. The largest absolute Gasteiger partial charge is 0.360 e. The Morgan fingerprint density at radius 3 is 1.94 bits per heavy atom. The zero-order chi connectivity index (χ0) is 23.4. The number of halogens is 2. The summed E-state index contributed by atoms with van der Waals surface area (Å²) in [5.41, 5.74) is 1.89. The third kappa shape index (κ3) is 5.46. The van der Waals surface area contributed by atoms with Crippen molar-refractivity contribution in [2.75, 3.05) is 31.5 Å². The number of carbonyl (C=O) groups excluding carboxylic acids is 1. The van der Waals surface area contributed by atoms with Gasteiger partial charge in [-0.3, -0.25) is 14.6 Å². The highest BCUT2D eigenvalue weighted by atomic mass is 19.1. The zero-order valence-electron chi connectivity index (χ0n) is 18.8. The predicted octanol–water partition coefficient (Wildman–Crippen LogP) is 4.39. The van der Waals surface area contributed by atoms with Gasteiger partial charge in [0.05, 0.1) is 12.1 Å². The first-order valence-electron chi connectivity index (χ1n) is 11.2. The molecule has 1 amide bonds. The van der Waals surface area contributed by atoms with Crippen LogP contribution in [-0.4, -0.2) is 53.1 Å². The third-order valence-electron chi connectivity index (χ3n) is 6.09.